The van der Waals surface area contributed by atoms with Crippen LogP contribution in [0.25, 0.3) is 10.6 Å². The summed E-state index contributed by atoms with van der Waals surface area (Å²) in [6.45, 7) is 3.35. The van der Waals surface area contributed by atoms with E-state index >= 15 is 0 Å². The normalized spacial score (nSPS) is 10.3. The minimum absolute atomic E-state index is 0.393. The number of carbonyl (C=O) groups excluding carboxylic acids is 1. The Morgan fingerprint density at radius 3 is 2.50 bits per heavy atom. The molecular formula is C14H14N2O3S. The quantitative estimate of drug-likeness (QED) is 0.905. The first-order valence-electron chi connectivity index (χ1n) is 6.02. The molecule has 1 aromatic heterocycles. The Kier molecular flexibility index (Phi) is 4.14. The topological polar surface area (TPSA) is 79.3 Å². The van der Waals surface area contributed by atoms with Gasteiger partial charge in [-0.05, 0) is 13.8 Å². The summed E-state index contributed by atoms with van der Waals surface area (Å²) < 4.78 is 0. The summed E-state index contributed by atoms with van der Waals surface area (Å²) >= 11 is 1.26. The Balaban J connectivity index is 2.23. The second kappa shape index (κ2) is 5.83. The van der Waals surface area contributed by atoms with Crippen molar-refractivity contribution in [2.75, 3.05) is 6.54 Å². The van der Waals surface area contributed by atoms with Crippen LogP contribution in [0.4, 0.5) is 0 Å². The lowest BCUT2D eigenvalue weighted by molar-refractivity contribution is -0.135. The van der Waals surface area contributed by atoms with Crippen molar-refractivity contribution in [1.82, 2.24) is 10.3 Å². The second-order valence-corrected chi connectivity index (χ2v) is 5.38. The van der Waals surface area contributed by atoms with E-state index in [4.69, 9.17) is 5.11 Å². The highest BCUT2D eigenvalue weighted by Crippen LogP contribution is 2.27. The van der Waals surface area contributed by atoms with E-state index in [1.54, 1.807) is 6.92 Å². The number of thiazole rings is 1. The van der Waals surface area contributed by atoms with E-state index in [1.165, 1.54) is 11.3 Å². The number of benzene rings is 1. The van der Waals surface area contributed by atoms with Crippen LogP contribution in [0.5, 0.6) is 0 Å². The Labute approximate surface area is 120 Å². The number of hydrogen-bond donors (Lipinski definition) is 2. The highest BCUT2D eigenvalue weighted by Gasteiger charge is 2.16. The van der Waals surface area contributed by atoms with E-state index in [1.807, 2.05) is 31.2 Å². The predicted octanol–water partition coefficient (Wildman–Crippen LogP) is 2.24. The third-order valence-electron chi connectivity index (χ3n) is 2.70. The molecule has 0 saturated heterocycles. The largest absolute Gasteiger partial charge is 0.480 e. The number of aryl methyl sites for hydroxylation is 2. The third-order valence-corrected chi connectivity index (χ3v) is 3.91. The van der Waals surface area contributed by atoms with Gasteiger partial charge in [-0.15, -0.1) is 11.3 Å². The summed E-state index contributed by atoms with van der Waals surface area (Å²) in [5.74, 6) is -1.47. The monoisotopic (exact) mass is 290 g/mol. The van der Waals surface area contributed by atoms with E-state index in [9.17, 15) is 9.59 Å². The highest BCUT2D eigenvalue weighted by molar-refractivity contribution is 7.17. The average Bonchev–Trinajstić information content (AvgIpc) is 2.79. The van der Waals surface area contributed by atoms with Gasteiger partial charge in [-0.1, -0.05) is 29.8 Å². The Hall–Kier alpha value is -2.21. The minimum atomic E-state index is -1.07. The van der Waals surface area contributed by atoms with Crippen LogP contribution in [-0.4, -0.2) is 28.5 Å². The number of nitrogens with one attached hydrogen (secondary N) is 1. The first-order valence-corrected chi connectivity index (χ1v) is 6.83. The molecule has 1 aromatic carbocycles. The SMILES string of the molecule is Cc1ccc(-c2nc(C)c(C(=O)NCC(=O)O)s2)cc1. The summed E-state index contributed by atoms with van der Waals surface area (Å²) in [5, 5.41) is 11.7. The van der Waals surface area contributed by atoms with Crippen molar-refractivity contribution >= 4 is 23.2 Å². The van der Waals surface area contributed by atoms with Crippen molar-refractivity contribution in [1.29, 1.82) is 0 Å². The first-order chi connectivity index (χ1) is 9.47. The zero-order valence-corrected chi connectivity index (χ0v) is 12.0. The molecule has 0 bridgehead atoms. The molecule has 0 atom stereocenters. The van der Waals surface area contributed by atoms with Gasteiger partial charge in [-0.25, -0.2) is 4.98 Å². The van der Waals surface area contributed by atoms with Crippen molar-refractivity contribution in [3.8, 4) is 10.6 Å². The van der Waals surface area contributed by atoms with Crippen LogP contribution in [0.15, 0.2) is 24.3 Å². The summed E-state index contributed by atoms with van der Waals surface area (Å²) in [4.78, 5) is 27.1. The van der Waals surface area contributed by atoms with Gasteiger partial charge in [0.2, 0.25) is 0 Å². The molecule has 0 saturated carbocycles. The lowest BCUT2D eigenvalue weighted by Crippen LogP contribution is -2.29. The summed E-state index contributed by atoms with van der Waals surface area (Å²) in [5.41, 5.74) is 2.70. The van der Waals surface area contributed by atoms with Crippen molar-refractivity contribution in [2.45, 2.75) is 13.8 Å². The molecule has 0 fully saturated rings. The number of hydrogen-bond acceptors (Lipinski definition) is 4. The zero-order valence-electron chi connectivity index (χ0n) is 11.1. The Morgan fingerprint density at radius 2 is 1.90 bits per heavy atom. The first kappa shape index (κ1) is 14.2. The summed E-state index contributed by atoms with van der Waals surface area (Å²) in [7, 11) is 0. The maximum Gasteiger partial charge on any atom is 0.322 e. The highest BCUT2D eigenvalue weighted by atomic mass is 32.1. The lowest BCUT2D eigenvalue weighted by atomic mass is 10.2. The van der Waals surface area contributed by atoms with Gasteiger partial charge in [-0.2, -0.15) is 0 Å². The predicted molar refractivity (Wildman–Crippen MR) is 77.0 cm³/mol. The Morgan fingerprint density at radius 1 is 1.25 bits per heavy atom. The molecule has 0 unspecified atom stereocenters. The van der Waals surface area contributed by atoms with Crippen molar-refractivity contribution in [2.24, 2.45) is 0 Å². The average molecular weight is 290 g/mol. The lowest BCUT2D eigenvalue weighted by Gasteiger charge is -1.99. The maximum absolute atomic E-state index is 11.9. The molecule has 104 valence electrons. The van der Waals surface area contributed by atoms with Crippen molar-refractivity contribution in [3.05, 3.63) is 40.4 Å². The van der Waals surface area contributed by atoms with Crippen LogP contribution in [0, 0.1) is 13.8 Å². The zero-order chi connectivity index (χ0) is 14.7. The smallest absolute Gasteiger partial charge is 0.322 e. The van der Waals surface area contributed by atoms with E-state index in [0.717, 1.165) is 16.1 Å². The van der Waals surface area contributed by atoms with Crippen LogP contribution in [0.3, 0.4) is 0 Å². The molecule has 20 heavy (non-hydrogen) atoms. The molecule has 2 N–H and O–H groups in total. The van der Waals surface area contributed by atoms with E-state index < -0.39 is 18.4 Å². The molecule has 0 spiro atoms. The molecule has 5 nitrogen and oxygen atoms in total. The number of carboxylic acid groups (broad SMARTS) is 1. The number of nitrogens with zero attached hydrogens (tertiary/aromatic N) is 1. The fraction of sp³-hybridized carbons (Fsp3) is 0.214. The molecule has 0 aliphatic carbocycles. The second-order valence-electron chi connectivity index (χ2n) is 4.38. The van der Waals surface area contributed by atoms with Gasteiger partial charge in [-0.3, -0.25) is 9.59 Å². The molecule has 2 rings (SSSR count). The molecule has 0 aliphatic rings. The molecule has 1 amide bonds. The van der Waals surface area contributed by atoms with Crippen molar-refractivity contribution < 1.29 is 14.7 Å². The molecule has 1 heterocycles. The summed E-state index contributed by atoms with van der Waals surface area (Å²) in [6.07, 6.45) is 0. The standard InChI is InChI=1S/C14H14N2O3S/c1-8-3-5-10(6-4-8)14-16-9(2)12(20-14)13(19)15-7-11(17)18/h3-6H,7H2,1-2H3,(H,15,19)(H,17,18). The fourth-order valence-electron chi connectivity index (χ4n) is 1.66. The van der Waals surface area contributed by atoms with E-state index in [0.29, 0.717) is 10.6 Å². The minimum Gasteiger partial charge on any atom is -0.480 e. The van der Waals surface area contributed by atoms with Gasteiger partial charge in [0.1, 0.15) is 16.4 Å². The van der Waals surface area contributed by atoms with E-state index in [2.05, 4.69) is 10.3 Å². The number of carboxylic acids is 1. The van der Waals surface area contributed by atoms with Gasteiger partial charge >= 0.3 is 5.97 Å². The number of rotatable bonds is 4. The van der Waals surface area contributed by atoms with Gasteiger partial charge in [0.05, 0.1) is 5.69 Å². The van der Waals surface area contributed by atoms with E-state index in [-0.39, 0.29) is 0 Å². The number of carbonyl (C=O) groups is 2. The molecule has 6 heteroatoms. The van der Waals surface area contributed by atoms with Crippen molar-refractivity contribution in [3.63, 3.8) is 0 Å². The Bertz CT molecular complexity index is 647. The third kappa shape index (κ3) is 3.21. The fourth-order valence-corrected chi connectivity index (χ4v) is 2.65. The number of aliphatic carboxylic acids is 1. The summed E-state index contributed by atoms with van der Waals surface area (Å²) in [6, 6.07) is 7.87. The number of aromatic nitrogens is 1. The molecule has 0 radical (unpaired) electrons. The van der Waals surface area contributed by atoms with Gasteiger partial charge in [0.25, 0.3) is 5.91 Å². The van der Waals surface area contributed by atoms with Gasteiger partial charge < -0.3 is 10.4 Å². The van der Waals surface area contributed by atoms with Crippen LogP contribution in [0.1, 0.15) is 20.9 Å². The maximum atomic E-state index is 11.9. The van der Waals surface area contributed by atoms with Gasteiger partial charge in [0.15, 0.2) is 0 Å². The van der Waals surface area contributed by atoms with Crippen LogP contribution in [0.2, 0.25) is 0 Å². The van der Waals surface area contributed by atoms with Crippen LogP contribution >= 0.6 is 11.3 Å². The molecule has 0 aliphatic heterocycles. The van der Waals surface area contributed by atoms with Crippen LogP contribution < -0.4 is 5.32 Å². The molecular weight excluding hydrogens is 276 g/mol. The molecule has 2 aromatic rings. The van der Waals surface area contributed by atoms with Crippen LogP contribution in [-0.2, 0) is 4.79 Å². The van der Waals surface area contributed by atoms with Gasteiger partial charge in [0, 0.05) is 5.56 Å². The number of amides is 1.